The molecule has 35 heavy (non-hydrogen) atoms. The zero-order valence-corrected chi connectivity index (χ0v) is 22.8. The van der Waals surface area contributed by atoms with Gasteiger partial charge in [0.25, 0.3) is 5.91 Å². The lowest BCUT2D eigenvalue weighted by Gasteiger charge is -2.15. The van der Waals surface area contributed by atoms with E-state index < -0.39 is 5.91 Å². The number of benzene rings is 3. The van der Waals surface area contributed by atoms with E-state index in [0.717, 1.165) is 5.56 Å². The number of nitrogens with one attached hydrogen (secondary N) is 1. The molecule has 180 valence electrons. The quantitative estimate of drug-likeness (QED) is 0.204. The average molecular weight is 615 g/mol. The molecule has 0 fully saturated rings. The van der Waals surface area contributed by atoms with Crippen molar-refractivity contribution in [2.75, 3.05) is 11.9 Å². The summed E-state index contributed by atoms with van der Waals surface area (Å²) in [5, 5.41) is 13.7. The zero-order valence-electron chi connectivity index (χ0n) is 18.2. The highest BCUT2D eigenvalue weighted by Gasteiger charge is 2.16. The highest BCUT2D eigenvalue weighted by Crippen LogP contribution is 2.36. The molecular formula is C25H17BrCl4N2O3. The first kappa shape index (κ1) is 27.2. The number of amides is 1. The van der Waals surface area contributed by atoms with Crippen molar-refractivity contribution in [3.63, 3.8) is 0 Å². The van der Waals surface area contributed by atoms with Gasteiger partial charge in [-0.25, -0.2) is 0 Å². The largest absolute Gasteiger partial charge is 0.490 e. The summed E-state index contributed by atoms with van der Waals surface area (Å²) in [5.41, 5.74) is 1.44. The van der Waals surface area contributed by atoms with Gasteiger partial charge in [-0.05, 0) is 55.0 Å². The van der Waals surface area contributed by atoms with Gasteiger partial charge in [0, 0.05) is 20.1 Å². The fraction of sp³-hybridized carbons (Fsp3) is 0.120. The molecule has 0 saturated heterocycles. The van der Waals surface area contributed by atoms with E-state index in [2.05, 4.69) is 21.2 Å². The summed E-state index contributed by atoms with van der Waals surface area (Å²) >= 11 is 27.8. The molecule has 0 spiro atoms. The van der Waals surface area contributed by atoms with Gasteiger partial charge in [-0.15, -0.1) is 0 Å². The van der Waals surface area contributed by atoms with Crippen molar-refractivity contribution in [2.24, 2.45) is 0 Å². The Morgan fingerprint density at radius 3 is 2.49 bits per heavy atom. The fourth-order valence-corrected chi connectivity index (χ4v) is 4.18. The molecule has 0 aliphatic rings. The van der Waals surface area contributed by atoms with Gasteiger partial charge < -0.3 is 14.8 Å². The standard InChI is InChI=1S/C25H17BrCl4N2O3/c1-2-34-22-9-15(8-16(12-31)25(33)32-21-5-3-4-19(28)24(21)30)18(26)11-23(22)35-13-14-6-7-17(27)10-20(14)29/h3-11H,2,13H2,1H3,(H,32,33)/b16-8-. The summed E-state index contributed by atoms with van der Waals surface area (Å²) < 4.78 is 12.2. The van der Waals surface area contributed by atoms with Crippen molar-refractivity contribution in [3.8, 4) is 17.6 Å². The highest BCUT2D eigenvalue weighted by atomic mass is 79.9. The third kappa shape index (κ3) is 7.07. The maximum Gasteiger partial charge on any atom is 0.266 e. The normalized spacial score (nSPS) is 11.1. The Labute approximate surface area is 231 Å². The minimum atomic E-state index is -0.640. The molecule has 0 unspecified atom stereocenters. The topological polar surface area (TPSA) is 71.3 Å². The van der Waals surface area contributed by atoms with Crippen LogP contribution in [-0.4, -0.2) is 12.5 Å². The van der Waals surface area contributed by atoms with Crippen LogP contribution in [0.15, 0.2) is 58.6 Å². The van der Waals surface area contributed by atoms with E-state index in [1.54, 1.807) is 48.5 Å². The molecular weight excluding hydrogens is 598 g/mol. The minimum absolute atomic E-state index is 0.147. The van der Waals surface area contributed by atoms with Gasteiger partial charge in [0.2, 0.25) is 0 Å². The first-order valence-electron chi connectivity index (χ1n) is 10.1. The lowest BCUT2D eigenvalue weighted by molar-refractivity contribution is -0.112. The molecule has 0 aromatic heterocycles. The van der Waals surface area contributed by atoms with E-state index in [1.165, 1.54) is 6.08 Å². The Kier molecular flexibility index (Phi) is 9.73. The Bertz CT molecular complexity index is 1340. The van der Waals surface area contributed by atoms with Crippen LogP contribution in [0.2, 0.25) is 20.1 Å². The number of nitriles is 1. The molecule has 0 heterocycles. The second kappa shape index (κ2) is 12.5. The molecule has 10 heteroatoms. The van der Waals surface area contributed by atoms with Crippen LogP contribution in [-0.2, 0) is 11.4 Å². The van der Waals surface area contributed by atoms with E-state index in [0.29, 0.717) is 43.9 Å². The smallest absolute Gasteiger partial charge is 0.266 e. The number of nitrogens with zero attached hydrogens (tertiary/aromatic N) is 1. The molecule has 0 radical (unpaired) electrons. The van der Waals surface area contributed by atoms with E-state index in [4.69, 9.17) is 55.9 Å². The Balaban J connectivity index is 1.87. The molecule has 3 aromatic rings. The van der Waals surface area contributed by atoms with Gasteiger partial charge in [-0.3, -0.25) is 4.79 Å². The monoisotopic (exact) mass is 612 g/mol. The molecule has 3 rings (SSSR count). The van der Waals surface area contributed by atoms with Crippen LogP contribution in [0.1, 0.15) is 18.1 Å². The molecule has 0 bridgehead atoms. The van der Waals surface area contributed by atoms with Gasteiger partial charge in [0.15, 0.2) is 11.5 Å². The SMILES string of the molecule is CCOc1cc(/C=C(/C#N)C(=O)Nc2cccc(Cl)c2Cl)c(Br)cc1OCc1ccc(Cl)cc1Cl. The number of hydrogen-bond acceptors (Lipinski definition) is 4. The molecule has 0 aliphatic heterocycles. The highest BCUT2D eigenvalue weighted by molar-refractivity contribution is 9.10. The third-order valence-corrected chi connectivity index (χ3v) is 6.72. The lowest BCUT2D eigenvalue weighted by Crippen LogP contribution is -2.13. The van der Waals surface area contributed by atoms with Crippen LogP contribution in [0.3, 0.4) is 0 Å². The summed E-state index contributed by atoms with van der Waals surface area (Å²) in [5.74, 6) is 0.248. The zero-order chi connectivity index (χ0) is 25.5. The van der Waals surface area contributed by atoms with Gasteiger partial charge in [0.1, 0.15) is 18.2 Å². The number of anilines is 1. The molecule has 0 saturated carbocycles. The first-order valence-corrected chi connectivity index (χ1v) is 12.4. The number of ether oxygens (including phenoxy) is 2. The average Bonchev–Trinajstić information content (AvgIpc) is 2.82. The second-order valence-electron chi connectivity index (χ2n) is 7.00. The predicted octanol–water partition coefficient (Wildman–Crippen LogP) is 8.59. The van der Waals surface area contributed by atoms with Crippen molar-refractivity contribution in [2.45, 2.75) is 13.5 Å². The first-order chi connectivity index (χ1) is 16.7. The predicted molar refractivity (Wildman–Crippen MR) is 145 cm³/mol. The number of halogens is 5. The number of hydrogen-bond donors (Lipinski definition) is 1. The maximum absolute atomic E-state index is 12.7. The van der Waals surface area contributed by atoms with Crippen molar-refractivity contribution in [1.29, 1.82) is 5.26 Å². The van der Waals surface area contributed by atoms with E-state index in [1.807, 2.05) is 13.0 Å². The van der Waals surface area contributed by atoms with Crippen LogP contribution in [0.5, 0.6) is 11.5 Å². The van der Waals surface area contributed by atoms with E-state index in [9.17, 15) is 10.1 Å². The second-order valence-corrected chi connectivity index (χ2v) is 9.49. The molecule has 1 N–H and O–H groups in total. The third-order valence-electron chi connectivity index (χ3n) is 4.63. The van der Waals surface area contributed by atoms with E-state index in [-0.39, 0.29) is 22.2 Å². The molecule has 0 aliphatic carbocycles. The Morgan fingerprint density at radius 2 is 1.80 bits per heavy atom. The van der Waals surface area contributed by atoms with Gasteiger partial charge in [-0.2, -0.15) is 5.26 Å². The van der Waals surface area contributed by atoms with Crippen LogP contribution in [0, 0.1) is 11.3 Å². The molecule has 1 amide bonds. The maximum atomic E-state index is 12.7. The number of rotatable bonds is 8. The van der Waals surface area contributed by atoms with Crippen molar-refractivity contribution < 1.29 is 14.3 Å². The van der Waals surface area contributed by atoms with Gasteiger partial charge >= 0.3 is 0 Å². The lowest BCUT2D eigenvalue weighted by atomic mass is 10.1. The fourth-order valence-electron chi connectivity index (χ4n) is 2.93. The van der Waals surface area contributed by atoms with Crippen LogP contribution < -0.4 is 14.8 Å². The summed E-state index contributed by atoms with van der Waals surface area (Å²) in [6, 6.07) is 15.2. The Hall–Kier alpha value is -2.40. The number of carbonyl (C=O) groups is 1. The van der Waals surface area contributed by atoms with Crippen LogP contribution in [0.25, 0.3) is 6.08 Å². The minimum Gasteiger partial charge on any atom is -0.490 e. The van der Waals surface area contributed by atoms with Gasteiger partial charge in [0.05, 0.1) is 22.3 Å². The molecule has 5 nitrogen and oxygen atoms in total. The van der Waals surface area contributed by atoms with Crippen molar-refractivity contribution >= 4 is 80.0 Å². The van der Waals surface area contributed by atoms with Crippen LogP contribution in [0.4, 0.5) is 5.69 Å². The summed E-state index contributed by atoms with van der Waals surface area (Å²) in [6.45, 7) is 2.39. The van der Waals surface area contributed by atoms with Crippen molar-refractivity contribution in [3.05, 3.63) is 89.8 Å². The van der Waals surface area contributed by atoms with Crippen molar-refractivity contribution in [1.82, 2.24) is 0 Å². The van der Waals surface area contributed by atoms with E-state index >= 15 is 0 Å². The summed E-state index contributed by atoms with van der Waals surface area (Å²) in [4.78, 5) is 12.7. The Morgan fingerprint density at radius 1 is 1.06 bits per heavy atom. The molecule has 0 atom stereocenters. The molecule has 3 aromatic carbocycles. The summed E-state index contributed by atoms with van der Waals surface area (Å²) in [6.07, 6.45) is 1.43. The summed E-state index contributed by atoms with van der Waals surface area (Å²) in [7, 11) is 0. The van der Waals surface area contributed by atoms with Gasteiger partial charge in [-0.1, -0.05) is 74.5 Å². The number of carbonyl (C=O) groups excluding carboxylic acids is 1. The van der Waals surface area contributed by atoms with Crippen LogP contribution >= 0.6 is 62.3 Å².